The van der Waals surface area contributed by atoms with Crippen LogP contribution in [-0.2, 0) is 4.79 Å². The van der Waals surface area contributed by atoms with Gasteiger partial charge in [0.25, 0.3) is 5.91 Å². The minimum absolute atomic E-state index is 0.0726. The number of hydrogen-bond acceptors (Lipinski definition) is 4. The Labute approximate surface area is 162 Å². The number of ether oxygens (including phenoxy) is 1. The molecule has 0 aliphatic carbocycles. The molecular formula is C21H20N2O3S. The monoisotopic (exact) mass is 380 g/mol. The maximum absolute atomic E-state index is 12.2. The van der Waals surface area contributed by atoms with Crippen LogP contribution < -0.4 is 15.4 Å². The summed E-state index contributed by atoms with van der Waals surface area (Å²) in [5.74, 6) is 0.833. The van der Waals surface area contributed by atoms with E-state index in [0.717, 1.165) is 10.6 Å². The predicted molar refractivity (Wildman–Crippen MR) is 106 cm³/mol. The normalized spacial score (nSPS) is 11.4. The van der Waals surface area contributed by atoms with Gasteiger partial charge in [-0.15, -0.1) is 11.3 Å². The van der Waals surface area contributed by atoms with Gasteiger partial charge in [-0.25, -0.2) is 0 Å². The molecule has 27 heavy (non-hydrogen) atoms. The Morgan fingerprint density at radius 1 is 0.963 bits per heavy atom. The van der Waals surface area contributed by atoms with Crippen molar-refractivity contribution in [2.45, 2.75) is 13.0 Å². The van der Waals surface area contributed by atoms with Crippen LogP contribution in [-0.4, -0.2) is 18.4 Å². The second-order valence-corrected chi connectivity index (χ2v) is 6.91. The Hall–Kier alpha value is -3.12. The number of benzene rings is 2. The van der Waals surface area contributed by atoms with E-state index in [-0.39, 0.29) is 24.4 Å². The van der Waals surface area contributed by atoms with Crippen molar-refractivity contribution < 1.29 is 14.3 Å². The molecule has 2 aromatic carbocycles. The molecule has 3 rings (SSSR count). The molecule has 3 aromatic rings. The Morgan fingerprint density at radius 2 is 1.67 bits per heavy atom. The first kappa shape index (κ1) is 18.7. The van der Waals surface area contributed by atoms with E-state index < -0.39 is 0 Å². The van der Waals surface area contributed by atoms with E-state index in [0.29, 0.717) is 11.3 Å². The van der Waals surface area contributed by atoms with Crippen LogP contribution in [0.3, 0.4) is 0 Å². The summed E-state index contributed by atoms with van der Waals surface area (Å²) in [6.07, 6.45) is 0. The first-order valence-corrected chi connectivity index (χ1v) is 9.44. The quantitative estimate of drug-likeness (QED) is 0.647. The van der Waals surface area contributed by atoms with Crippen LogP contribution in [0.2, 0.25) is 0 Å². The van der Waals surface area contributed by atoms with Crippen LogP contribution in [0.15, 0.2) is 72.1 Å². The summed E-state index contributed by atoms with van der Waals surface area (Å²) in [7, 11) is 0. The standard InChI is InChI=1S/C21H20N2O3S/c1-15(19-8-5-13-27-19)23-20(24)14-22-21(25)16-9-11-18(12-10-16)26-17-6-3-2-4-7-17/h2-13,15H,14H2,1H3,(H,22,25)(H,23,24)/t15-/m1/s1. The van der Waals surface area contributed by atoms with Crippen molar-refractivity contribution in [3.8, 4) is 11.5 Å². The Balaban J connectivity index is 1.48. The number of carbonyl (C=O) groups excluding carboxylic acids is 2. The third kappa shape index (κ3) is 5.43. The average Bonchev–Trinajstić information content (AvgIpc) is 3.22. The van der Waals surface area contributed by atoms with E-state index in [1.807, 2.05) is 54.8 Å². The highest BCUT2D eigenvalue weighted by molar-refractivity contribution is 7.10. The van der Waals surface area contributed by atoms with Gasteiger partial charge in [0.1, 0.15) is 11.5 Å². The molecule has 6 heteroatoms. The van der Waals surface area contributed by atoms with Gasteiger partial charge in [-0.1, -0.05) is 24.3 Å². The lowest BCUT2D eigenvalue weighted by Gasteiger charge is -2.12. The van der Waals surface area contributed by atoms with Crippen molar-refractivity contribution >= 4 is 23.2 Å². The third-order valence-electron chi connectivity index (χ3n) is 3.85. The molecule has 0 radical (unpaired) electrons. The summed E-state index contributed by atoms with van der Waals surface area (Å²) in [4.78, 5) is 25.3. The molecule has 0 saturated carbocycles. The van der Waals surface area contributed by atoms with Gasteiger partial charge < -0.3 is 15.4 Å². The molecule has 0 aliphatic rings. The number of thiophene rings is 1. The molecule has 2 amide bonds. The van der Waals surface area contributed by atoms with Gasteiger partial charge in [-0.3, -0.25) is 9.59 Å². The molecule has 0 unspecified atom stereocenters. The number of carbonyl (C=O) groups is 2. The number of rotatable bonds is 7. The Morgan fingerprint density at radius 3 is 2.33 bits per heavy atom. The van der Waals surface area contributed by atoms with Crippen molar-refractivity contribution in [3.63, 3.8) is 0 Å². The zero-order valence-corrected chi connectivity index (χ0v) is 15.7. The predicted octanol–water partition coefficient (Wildman–Crippen LogP) is 4.15. The van der Waals surface area contributed by atoms with E-state index in [9.17, 15) is 9.59 Å². The number of hydrogen-bond donors (Lipinski definition) is 2. The largest absolute Gasteiger partial charge is 0.457 e. The summed E-state index contributed by atoms with van der Waals surface area (Å²) < 4.78 is 5.70. The summed E-state index contributed by atoms with van der Waals surface area (Å²) in [6, 6.07) is 20.0. The molecule has 0 fully saturated rings. The highest BCUT2D eigenvalue weighted by Gasteiger charge is 2.12. The van der Waals surface area contributed by atoms with Gasteiger partial charge in [0, 0.05) is 10.4 Å². The number of amides is 2. The number of nitrogens with one attached hydrogen (secondary N) is 2. The first-order valence-electron chi connectivity index (χ1n) is 8.56. The summed E-state index contributed by atoms with van der Waals surface area (Å²) in [5.41, 5.74) is 0.467. The molecule has 1 atom stereocenters. The minimum atomic E-state index is -0.305. The van der Waals surface area contributed by atoms with Crippen molar-refractivity contribution in [3.05, 3.63) is 82.6 Å². The molecule has 0 bridgehead atoms. The topological polar surface area (TPSA) is 67.4 Å². The van der Waals surface area contributed by atoms with E-state index >= 15 is 0 Å². The van der Waals surface area contributed by atoms with Crippen LogP contribution in [0.25, 0.3) is 0 Å². The highest BCUT2D eigenvalue weighted by atomic mass is 32.1. The van der Waals surface area contributed by atoms with Crippen LogP contribution >= 0.6 is 11.3 Å². The zero-order chi connectivity index (χ0) is 19.1. The molecule has 1 heterocycles. The Kier molecular flexibility index (Phi) is 6.22. The molecule has 0 saturated heterocycles. The minimum Gasteiger partial charge on any atom is -0.457 e. The van der Waals surface area contributed by atoms with E-state index in [4.69, 9.17) is 4.74 Å². The van der Waals surface area contributed by atoms with E-state index in [1.165, 1.54) is 0 Å². The molecule has 0 aliphatic heterocycles. The van der Waals surface area contributed by atoms with Gasteiger partial charge >= 0.3 is 0 Å². The second-order valence-electron chi connectivity index (χ2n) is 5.93. The van der Waals surface area contributed by atoms with Crippen molar-refractivity contribution in [1.82, 2.24) is 10.6 Å². The van der Waals surface area contributed by atoms with Crippen molar-refractivity contribution in [2.24, 2.45) is 0 Å². The first-order chi connectivity index (χ1) is 13.1. The van der Waals surface area contributed by atoms with Gasteiger partial charge in [-0.05, 0) is 54.8 Å². The fourth-order valence-corrected chi connectivity index (χ4v) is 3.20. The zero-order valence-electron chi connectivity index (χ0n) is 14.8. The second kappa shape index (κ2) is 9.00. The number of para-hydroxylation sites is 1. The molecular weight excluding hydrogens is 360 g/mol. The molecule has 0 spiro atoms. The molecule has 138 valence electrons. The Bertz CT molecular complexity index is 878. The van der Waals surface area contributed by atoms with Crippen molar-refractivity contribution in [1.29, 1.82) is 0 Å². The SMILES string of the molecule is C[C@@H](NC(=O)CNC(=O)c1ccc(Oc2ccccc2)cc1)c1cccs1. The molecule has 5 nitrogen and oxygen atoms in total. The van der Waals surface area contributed by atoms with Gasteiger partial charge in [0.05, 0.1) is 12.6 Å². The lowest BCUT2D eigenvalue weighted by Crippen LogP contribution is -2.37. The average molecular weight is 380 g/mol. The summed E-state index contributed by atoms with van der Waals surface area (Å²) >= 11 is 1.58. The lowest BCUT2D eigenvalue weighted by atomic mass is 10.2. The maximum Gasteiger partial charge on any atom is 0.251 e. The third-order valence-corrected chi connectivity index (χ3v) is 4.91. The van der Waals surface area contributed by atoms with Gasteiger partial charge in [0.15, 0.2) is 0 Å². The van der Waals surface area contributed by atoms with Gasteiger partial charge in [0.2, 0.25) is 5.91 Å². The van der Waals surface area contributed by atoms with Crippen LogP contribution in [0.4, 0.5) is 0 Å². The van der Waals surface area contributed by atoms with Gasteiger partial charge in [-0.2, -0.15) is 0 Å². The molecule has 2 N–H and O–H groups in total. The molecule has 1 aromatic heterocycles. The maximum atomic E-state index is 12.2. The summed E-state index contributed by atoms with van der Waals surface area (Å²) in [6.45, 7) is 1.84. The smallest absolute Gasteiger partial charge is 0.251 e. The lowest BCUT2D eigenvalue weighted by molar-refractivity contribution is -0.120. The van der Waals surface area contributed by atoms with E-state index in [2.05, 4.69) is 10.6 Å². The highest BCUT2D eigenvalue weighted by Crippen LogP contribution is 2.21. The summed E-state index contributed by atoms with van der Waals surface area (Å²) in [5, 5.41) is 7.46. The van der Waals surface area contributed by atoms with Crippen LogP contribution in [0.1, 0.15) is 28.2 Å². The van der Waals surface area contributed by atoms with Crippen LogP contribution in [0.5, 0.6) is 11.5 Å². The van der Waals surface area contributed by atoms with Crippen molar-refractivity contribution in [2.75, 3.05) is 6.54 Å². The van der Waals surface area contributed by atoms with E-state index in [1.54, 1.807) is 35.6 Å². The fraction of sp³-hybridized carbons (Fsp3) is 0.143. The fourth-order valence-electron chi connectivity index (χ4n) is 2.46. The van der Waals surface area contributed by atoms with Crippen LogP contribution in [0, 0.1) is 0 Å².